The first kappa shape index (κ1) is 33.5. The molecule has 0 aliphatic heterocycles. The Morgan fingerprint density at radius 1 is 0.609 bits per heavy atom. The Morgan fingerprint density at radius 3 is 1.48 bits per heavy atom. The van der Waals surface area contributed by atoms with E-state index in [0.29, 0.717) is 11.5 Å². The van der Waals surface area contributed by atoms with Gasteiger partial charge in [0.2, 0.25) is 0 Å². The van der Waals surface area contributed by atoms with Crippen LogP contribution in [0.4, 0.5) is 0 Å². The molecule has 1 aliphatic carbocycles. The van der Waals surface area contributed by atoms with Crippen LogP contribution < -0.4 is 18.1 Å². The van der Waals surface area contributed by atoms with Gasteiger partial charge in [-0.3, -0.25) is 4.52 Å². The molecule has 0 fully saturated rings. The van der Waals surface area contributed by atoms with Gasteiger partial charge < -0.3 is 22.8 Å². The summed E-state index contributed by atoms with van der Waals surface area (Å²) in [6.45, 7) is 12.2. The molecule has 5 rings (SSSR count). The van der Waals surface area contributed by atoms with E-state index in [1.807, 2.05) is 145 Å². The Morgan fingerprint density at radius 2 is 1.04 bits per heavy atom. The lowest BCUT2D eigenvalue weighted by atomic mass is 9.90. The number of hydrogen-bond acceptors (Lipinski definition) is 6. The zero-order valence-corrected chi connectivity index (χ0v) is 29.1. The lowest BCUT2D eigenvalue weighted by Gasteiger charge is -2.33. The predicted molar refractivity (Wildman–Crippen MR) is 188 cm³/mol. The quantitative estimate of drug-likeness (QED) is 0.126. The highest BCUT2D eigenvalue weighted by atomic mass is 31.2. The summed E-state index contributed by atoms with van der Waals surface area (Å²) in [5.41, 5.74) is 4.66. The fourth-order valence-corrected chi connectivity index (χ4v) is 7.21. The molecule has 0 amide bonds. The molecule has 0 unspecified atom stereocenters. The molecule has 6 nitrogen and oxygen atoms in total. The Kier molecular flexibility index (Phi) is 11.4. The minimum Gasteiger partial charge on any atom is -0.482 e. The summed E-state index contributed by atoms with van der Waals surface area (Å²) in [7, 11) is -3.31. The van der Waals surface area contributed by atoms with Crippen molar-refractivity contribution in [2.75, 3.05) is 6.35 Å². The summed E-state index contributed by atoms with van der Waals surface area (Å²) in [4.78, 5) is 0. The molecule has 46 heavy (non-hydrogen) atoms. The van der Waals surface area contributed by atoms with Crippen LogP contribution in [-0.2, 0) is 9.26 Å². The fourth-order valence-electron chi connectivity index (χ4n) is 4.96. The molecule has 4 aromatic rings. The van der Waals surface area contributed by atoms with E-state index in [2.05, 4.69) is 6.08 Å². The largest absolute Gasteiger partial charge is 0.482 e. The normalized spacial score (nSPS) is 13.2. The molecule has 4 aromatic carbocycles. The van der Waals surface area contributed by atoms with Crippen LogP contribution >= 0.6 is 17.0 Å². The molecule has 0 atom stereocenters. The van der Waals surface area contributed by atoms with Crippen LogP contribution in [0.2, 0.25) is 0 Å². The highest BCUT2D eigenvalue weighted by Crippen LogP contribution is 2.49. The number of ether oxygens (including phenoxy) is 1. The maximum atomic E-state index is 6.71. The second-order valence-corrected chi connectivity index (χ2v) is 14.1. The molecular formula is C38H42O6P2. The van der Waals surface area contributed by atoms with Crippen molar-refractivity contribution in [3.05, 3.63) is 143 Å². The van der Waals surface area contributed by atoms with Gasteiger partial charge >= 0.3 is 17.0 Å². The van der Waals surface area contributed by atoms with E-state index in [0.717, 1.165) is 57.9 Å². The number of allylic oxidation sites excluding steroid dienone is 2. The third-order valence-electron chi connectivity index (χ3n) is 7.22. The average Bonchev–Trinajstić information content (AvgIpc) is 3.00. The van der Waals surface area contributed by atoms with Crippen molar-refractivity contribution < 1.29 is 27.4 Å². The maximum absolute atomic E-state index is 6.71. The van der Waals surface area contributed by atoms with Gasteiger partial charge in [0, 0.05) is 5.57 Å². The van der Waals surface area contributed by atoms with Crippen molar-refractivity contribution in [2.45, 2.75) is 60.0 Å². The summed E-state index contributed by atoms with van der Waals surface area (Å²) < 4.78 is 38.7. The molecule has 240 valence electrons. The summed E-state index contributed by atoms with van der Waals surface area (Å²) in [5.74, 6) is 3.61. The van der Waals surface area contributed by atoms with Crippen LogP contribution in [0.15, 0.2) is 121 Å². The van der Waals surface area contributed by atoms with Gasteiger partial charge in [-0.1, -0.05) is 54.6 Å². The minimum atomic E-state index is -1.82. The Hall–Kier alpha value is -3.82. The third-order valence-corrected chi connectivity index (χ3v) is 9.71. The molecule has 0 saturated carbocycles. The first-order chi connectivity index (χ1) is 22.1. The fraction of sp³-hybridized carbons (Fsp3) is 0.263. The Balaban J connectivity index is 1.37. The average molecular weight is 657 g/mol. The summed E-state index contributed by atoms with van der Waals surface area (Å²) >= 11 is 0. The van der Waals surface area contributed by atoms with Gasteiger partial charge in [0.25, 0.3) is 0 Å². The molecule has 0 N–H and O–H groups in total. The highest BCUT2D eigenvalue weighted by Gasteiger charge is 2.35. The minimum absolute atomic E-state index is 0.227. The lowest BCUT2D eigenvalue weighted by Crippen LogP contribution is -2.29. The second kappa shape index (κ2) is 15.6. The summed E-state index contributed by atoms with van der Waals surface area (Å²) in [6.07, 6.45) is 6.01. The smallest absolute Gasteiger partial charge is 0.463 e. The van der Waals surface area contributed by atoms with E-state index in [4.69, 9.17) is 27.4 Å². The van der Waals surface area contributed by atoms with Crippen molar-refractivity contribution in [2.24, 2.45) is 0 Å². The van der Waals surface area contributed by atoms with E-state index < -0.39 is 22.6 Å². The number of hydrogen-bond donors (Lipinski definition) is 0. The first-order valence-electron chi connectivity index (χ1n) is 15.4. The topological polar surface area (TPSA) is 55.4 Å². The standard InChI is InChI=1S/C38H42O6P2/c1-28-13-9-17-32(23-28)40-45(41-33-18-10-14-29(2)24-33)27-39-37-22-8-7-21-36(37)38(5,6)44-46(42-34-19-11-15-30(3)25-34)43-35-20-12-16-31(4)26-35/h8-20,22-26H,7,21,27H2,1-6H3. The Bertz CT molecular complexity index is 1590. The highest BCUT2D eigenvalue weighted by molar-refractivity contribution is 7.47. The van der Waals surface area contributed by atoms with Crippen LogP contribution in [0.25, 0.3) is 0 Å². The predicted octanol–water partition coefficient (Wildman–Crippen LogP) is 11.4. The molecule has 1 aliphatic rings. The molecule has 0 aromatic heterocycles. The van der Waals surface area contributed by atoms with Gasteiger partial charge in [0.1, 0.15) is 28.8 Å². The molecule has 0 radical (unpaired) electrons. The van der Waals surface area contributed by atoms with Crippen molar-refractivity contribution in [3.8, 4) is 23.0 Å². The number of aryl methyl sites for hydroxylation is 4. The van der Waals surface area contributed by atoms with E-state index in [-0.39, 0.29) is 6.35 Å². The van der Waals surface area contributed by atoms with Gasteiger partial charge in [-0.2, -0.15) is 0 Å². The molecule has 0 spiro atoms. The lowest BCUT2D eigenvalue weighted by molar-refractivity contribution is 0.118. The zero-order valence-electron chi connectivity index (χ0n) is 27.4. The van der Waals surface area contributed by atoms with Crippen LogP contribution in [0.5, 0.6) is 23.0 Å². The zero-order chi connectivity index (χ0) is 32.5. The molecule has 0 bridgehead atoms. The summed E-state index contributed by atoms with van der Waals surface area (Å²) in [5, 5.41) is 0. The maximum Gasteiger partial charge on any atom is 0.463 e. The number of rotatable bonds is 14. The number of benzene rings is 4. The van der Waals surface area contributed by atoms with E-state index in [9.17, 15) is 0 Å². The van der Waals surface area contributed by atoms with Crippen LogP contribution in [0, 0.1) is 27.7 Å². The molecule has 0 saturated heterocycles. The van der Waals surface area contributed by atoms with Crippen LogP contribution in [0.3, 0.4) is 0 Å². The molecule has 8 heteroatoms. The van der Waals surface area contributed by atoms with Crippen LogP contribution in [0.1, 0.15) is 48.9 Å². The van der Waals surface area contributed by atoms with Gasteiger partial charge in [-0.15, -0.1) is 0 Å². The second-order valence-electron chi connectivity index (χ2n) is 11.8. The van der Waals surface area contributed by atoms with Gasteiger partial charge in [0.15, 0.2) is 6.35 Å². The van der Waals surface area contributed by atoms with Crippen molar-refractivity contribution >= 4 is 17.0 Å². The van der Waals surface area contributed by atoms with E-state index >= 15 is 0 Å². The SMILES string of the molecule is Cc1cccc(OP(COC2=C(C(C)(C)OP(Oc3cccc(C)c3)Oc3cccc(C)c3)CCC=C2)Oc2cccc(C)c2)c1. The van der Waals surface area contributed by atoms with E-state index in [1.165, 1.54) is 0 Å². The van der Waals surface area contributed by atoms with Gasteiger partial charge in [-0.05, 0) is 131 Å². The van der Waals surface area contributed by atoms with Gasteiger partial charge in [-0.25, -0.2) is 0 Å². The van der Waals surface area contributed by atoms with Crippen molar-refractivity contribution in [1.29, 1.82) is 0 Å². The monoisotopic (exact) mass is 656 g/mol. The van der Waals surface area contributed by atoms with E-state index in [1.54, 1.807) is 0 Å². The van der Waals surface area contributed by atoms with Crippen molar-refractivity contribution in [3.63, 3.8) is 0 Å². The third kappa shape index (κ3) is 9.84. The van der Waals surface area contributed by atoms with Gasteiger partial charge in [0.05, 0.1) is 5.60 Å². The Labute approximate surface area is 275 Å². The van der Waals surface area contributed by atoms with Crippen molar-refractivity contribution in [1.82, 2.24) is 0 Å². The van der Waals surface area contributed by atoms with Crippen LogP contribution in [-0.4, -0.2) is 11.9 Å². The molecule has 0 heterocycles. The summed E-state index contributed by atoms with van der Waals surface area (Å²) in [6, 6.07) is 31.7. The molecular weight excluding hydrogens is 614 g/mol. The first-order valence-corrected chi connectivity index (χ1v) is 17.9.